The third-order valence-corrected chi connectivity index (χ3v) is 6.14. The molecule has 1 heterocycles. The number of hydroxylamine groups is 1. The molecule has 0 aliphatic heterocycles. The van der Waals surface area contributed by atoms with Crippen LogP contribution in [0.1, 0.15) is 41.9 Å². The summed E-state index contributed by atoms with van der Waals surface area (Å²) in [7, 11) is 1.68. The van der Waals surface area contributed by atoms with Crippen molar-refractivity contribution in [1.29, 1.82) is 0 Å². The lowest BCUT2D eigenvalue weighted by atomic mass is 9.75. The SMILES string of the molecule is Cc1c(F)cccc1[C@]1(C(=O)NO)CC[C@H](c2ccc3cnn(C)c3c2F)C1.S.S. The summed E-state index contributed by atoms with van der Waals surface area (Å²) >= 11 is 0. The lowest BCUT2D eigenvalue weighted by molar-refractivity contribution is -0.135. The van der Waals surface area contributed by atoms with Gasteiger partial charge < -0.3 is 0 Å². The van der Waals surface area contributed by atoms with E-state index in [-0.39, 0.29) is 45.1 Å². The zero-order chi connectivity index (χ0) is 20.1. The van der Waals surface area contributed by atoms with Gasteiger partial charge in [0.05, 0.1) is 11.6 Å². The summed E-state index contributed by atoms with van der Waals surface area (Å²) in [5.41, 5.74) is 2.47. The maximum absolute atomic E-state index is 15.2. The number of fused-ring (bicyclic) bond motifs is 1. The molecular formula is C21H25F2N3O2S2. The molecule has 5 nitrogen and oxygen atoms in total. The lowest BCUT2D eigenvalue weighted by Crippen LogP contribution is -2.42. The second-order valence-corrected chi connectivity index (χ2v) is 7.55. The van der Waals surface area contributed by atoms with Gasteiger partial charge in [-0.25, -0.2) is 14.3 Å². The van der Waals surface area contributed by atoms with Gasteiger partial charge in [0.1, 0.15) is 11.3 Å². The Balaban J connectivity index is 0.00000160. The van der Waals surface area contributed by atoms with Crippen molar-refractivity contribution in [2.75, 3.05) is 0 Å². The van der Waals surface area contributed by atoms with Crippen LogP contribution in [-0.4, -0.2) is 20.9 Å². The predicted octanol–water partition coefficient (Wildman–Crippen LogP) is 4.10. The summed E-state index contributed by atoms with van der Waals surface area (Å²) in [5, 5.41) is 14.2. The molecule has 9 heteroatoms. The van der Waals surface area contributed by atoms with E-state index >= 15 is 4.39 Å². The molecule has 1 aliphatic carbocycles. The highest BCUT2D eigenvalue weighted by molar-refractivity contribution is 7.59. The van der Waals surface area contributed by atoms with Gasteiger partial charge in [-0.3, -0.25) is 14.7 Å². The van der Waals surface area contributed by atoms with Gasteiger partial charge in [0.15, 0.2) is 5.82 Å². The molecule has 3 aromatic rings. The minimum absolute atomic E-state index is 0. The number of carbonyl (C=O) groups excluding carboxylic acids is 1. The Kier molecular flexibility index (Phi) is 7.21. The topological polar surface area (TPSA) is 67.2 Å². The van der Waals surface area contributed by atoms with Crippen LogP contribution in [0.5, 0.6) is 0 Å². The minimum Gasteiger partial charge on any atom is -0.289 e. The van der Waals surface area contributed by atoms with Gasteiger partial charge in [-0.2, -0.15) is 32.1 Å². The van der Waals surface area contributed by atoms with E-state index in [0.29, 0.717) is 40.4 Å². The Morgan fingerprint density at radius 3 is 2.70 bits per heavy atom. The maximum Gasteiger partial charge on any atom is 0.254 e. The van der Waals surface area contributed by atoms with E-state index in [1.165, 1.54) is 10.7 Å². The molecule has 2 N–H and O–H groups in total. The lowest BCUT2D eigenvalue weighted by Gasteiger charge is -2.29. The van der Waals surface area contributed by atoms with Crippen molar-refractivity contribution in [2.45, 2.75) is 37.5 Å². The van der Waals surface area contributed by atoms with Crippen LogP contribution in [0.3, 0.4) is 0 Å². The maximum atomic E-state index is 15.2. The van der Waals surface area contributed by atoms with E-state index in [0.717, 1.165) is 0 Å². The zero-order valence-corrected chi connectivity index (χ0v) is 18.7. The number of halogens is 2. The number of aryl methyl sites for hydroxylation is 1. The molecular weight excluding hydrogens is 428 g/mol. The molecule has 0 bridgehead atoms. The first-order valence-electron chi connectivity index (χ1n) is 9.19. The fourth-order valence-electron chi connectivity index (χ4n) is 4.67. The van der Waals surface area contributed by atoms with Crippen LogP contribution >= 0.6 is 27.0 Å². The first-order valence-corrected chi connectivity index (χ1v) is 9.19. The fourth-order valence-corrected chi connectivity index (χ4v) is 4.67. The molecule has 162 valence electrons. The van der Waals surface area contributed by atoms with E-state index in [2.05, 4.69) is 5.10 Å². The number of rotatable bonds is 3. The van der Waals surface area contributed by atoms with E-state index in [1.807, 2.05) is 6.07 Å². The molecule has 0 radical (unpaired) electrons. The van der Waals surface area contributed by atoms with E-state index in [4.69, 9.17) is 0 Å². The van der Waals surface area contributed by atoms with Gasteiger partial charge >= 0.3 is 0 Å². The van der Waals surface area contributed by atoms with Crippen LogP contribution in [0.4, 0.5) is 8.78 Å². The van der Waals surface area contributed by atoms with E-state index in [1.54, 1.807) is 43.8 Å². The van der Waals surface area contributed by atoms with Crippen molar-refractivity contribution in [3.05, 3.63) is 64.9 Å². The third kappa shape index (κ3) is 3.59. The summed E-state index contributed by atoms with van der Waals surface area (Å²) < 4.78 is 30.9. The third-order valence-electron chi connectivity index (χ3n) is 6.14. The Bertz CT molecular complexity index is 1090. The number of benzene rings is 2. The number of aromatic nitrogens is 2. The van der Waals surface area contributed by atoms with Crippen LogP contribution in [-0.2, 0) is 17.3 Å². The molecule has 30 heavy (non-hydrogen) atoms. The molecule has 0 unspecified atom stereocenters. The largest absolute Gasteiger partial charge is 0.289 e. The molecule has 0 spiro atoms. The van der Waals surface area contributed by atoms with Gasteiger partial charge in [-0.05, 0) is 54.9 Å². The summed E-state index contributed by atoms with van der Waals surface area (Å²) in [6.45, 7) is 1.62. The number of nitrogens with zero attached hydrogens (tertiary/aromatic N) is 2. The number of amides is 1. The first-order chi connectivity index (χ1) is 13.4. The molecule has 2 atom stereocenters. The van der Waals surface area contributed by atoms with Gasteiger partial charge in [0.25, 0.3) is 5.91 Å². The van der Waals surface area contributed by atoms with Crippen LogP contribution in [0, 0.1) is 18.6 Å². The number of hydrogen-bond acceptors (Lipinski definition) is 3. The van der Waals surface area contributed by atoms with Crippen LogP contribution < -0.4 is 5.48 Å². The Hall–Kier alpha value is -2.10. The summed E-state index contributed by atoms with van der Waals surface area (Å²) in [5.74, 6) is -1.59. The molecule has 1 amide bonds. The fraction of sp³-hybridized carbons (Fsp3) is 0.333. The molecule has 0 saturated heterocycles. The van der Waals surface area contributed by atoms with Crippen LogP contribution in [0.15, 0.2) is 36.5 Å². The van der Waals surface area contributed by atoms with Crippen molar-refractivity contribution in [3.8, 4) is 0 Å². The van der Waals surface area contributed by atoms with Crippen LogP contribution in [0.25, 0.3) is 10.9 Å². The standard InChI is InChI=1S/C21H21F2N3O2.2H2S/c1-12-16(4-3-5-17(12)22)21(20(27)25-28)9-8-13(10-21)15-7-6-14-11-24-26(2)19(14)18(15)23;;/h3-7,11,13,28H,8-10H2,1-2H3,(H,25,27);2*1H2/t13-,21-;;/m0../s1. The van der Waals surface area contributed by atoms with Crippen molar-refractivity contribution in [1.82, 2.24) is 15.3 Å². The van der Waals surface area contributed by atoms with E-state index < -0.39 is 17.1 Å². The van der Waals surface area contributed by atoms with Crippen molar-refractivity contribution in [2.24, 2.45) is 7.05 Å². The predicted molar refractivity (Wildman–Crippen MR) is 121 cm³/mol. The minimum atomic E-state index is -1.11. The highest BCUT2D eigenvalue weighted by Gasteiger charge is 2.48. The van der Waals surface area contributed by atoms with Crippen LogP contribution in [0.2, 0.25) is 0 Å². The zero-order valence-electron chi connectivity index (χ0n) is 16.7. The average Bonchev–Trinajstić information content (AvgIpc) is 3.29. The summed E-state index contributed by atoms with van der Waals surface area (Å²) in [6, 6.07) is 8.15. The molecule has 1 aromatic heterocycles. The molecule has 1 saturated carbocycles. The van der Waals surface area contributed by atoms with Gasteiger partial charge in [0.2, 0.25) is 0 Å². The second kappa shape index (κ2) is 8.95. The van der Waals surface area contributed by atoms with Crippen molar-refractivity contribution >= 4 is 43.8 Å². The molecule has 1 aliphatic rings. The second-order valence-electron chi connectivity index (χ2n) is 7.55. The molecule has 2 aromatic carbocycles. The average molecular weight is 454 g/mol. The number of nitrogens with one attached hydrogen (secondary N) is 1. The summed E-state index contributed by atoms with van der Waals surface area (Å²) in [6.07, 6.45) is 2.82. The molecule has 1 fully saturated rings. The van der Waals surface area contributed by atoms with E-state index in [9.17, 15) is 14.4 Å². The number of hydrogen-bond donors (Lipinski definition) is 2. The normalized spacial score (nSPS) is 20.5. The molecule has 4 rings (SSSR count). The quantitative estimate of drug-likeness (QED) is 0.464. The van der Waals surface area contributed by atoms with Gasteiger partial charge in [0, 0.05) is 12.4 Å². The Labute approximate surface area is 187 Å². The first kappa shape index (κ1) is 24.2. The van der Waals surface area contributed by atoms with Gasteiger partial charge in [-0.1, -0.05) is 24.3 Å². The Morgan fingerprint density at radius 2 is 2.00 bits per heavy atom. The van der Waals surface area contributed by atoms with Gasteiger partial charge in [-0.15, -0.1) is 0 Å². The highest BCUT2D eigenvalue weighted by atomic mass is 32.1. The van der Waals surface area contributed by atoms with Crippen molar-refractivity contribution in [3.63, 3.8) is 0 Å². The highest BCUT2D eigenvalue weighted by Crippen LogP contribution is 2.50. The smallest absolute Gasteiger partial charge is 0.254 e. The number of carbonyl (C=O) groups is 1. The summed E-state index contributed by atoms with van der Waals surface area (Å²) in [4.78, 5) is 12.7. The van der Waals surface area contributed by atoms with Crippen molar-refractivity contribution < 1.29 is 18.8 Å². The monoisotopic (exact) mass is 453 g/mol. The Morgan fingerprint density at radius 1 is 1.27 bits per heavy atom.